The van der Waals surface area contributed by atoms with Crippen molar-refractivity contribution in [2.75, 3.05) is 13.6 Å². The first-order valence-corrected chi connectivity index (χ1v) is 7.73. The summed E-state index contributed by atoms with van der Waals surface area (Å²) in [7, 11) is -1.88. The van der Waals surface area contributed by atoms with E-state index in [9.17, 15) is 12.8 Å². The molecule has 1 N–H and O–H groups in total. The number of rotatable bonds is 6. The normalized spacial score (nSPS) is 12.4. The Labute approximate surface area is 114 Å². The molecule has 0 fully saturated rings. The Balaban J connectivity index is 3.25. The van der Waals surface area contributed by atoms with Crippen molar-refractivity contribution in [3.63, 3.8) is 0 Å². The molecule has 0 aliphatic heterocycles. The monoisotopic (exact) mass is 288 g/mol. The summed E-state index contributed by atoms with van der Waals surface area (Å²) in [6.45, 7) is 6.11. The van der Waals surface area contributed by atoms with Crippen LogP contribution >= 0.6 is 0 Å². The third-order valence-corrected chi connectivity index (χ3v) is 5.03. The molecule has 6 heteroatoms. The zero-order chi connectivity index (χ0) is 14.6. The standard InChI is InChI=1S/C13H21FN2O2S/c1-5-16(10(2)3)19(17,18)12-6-7-13(14)11(8-12)9-15-4/h6-8,10,15H,5,9H2,1-4H3. The number of nitrogens with one attached hydrogen (secondary N) is 1. The fourth-order valence-electron chi connectivity index (χ4n) is 1.99. The molecule has 0 radical (unpaired) electrons. The van der Waals surface area contributed by atoms with E-state index in [0.717, 1.165) is 0 Å². The Morgan fingerprint density at radius 3 is 2.47 bits per heavy atom. The van der Waals surface area contributed by atoms with E-state index in [1.54, 1.807) is 14.0 Å². The molecule has 19 heavy (non-hydrogen) atoms. The van der Waals surface area contributed by atoms with Crippen LogP contribution < -0.4 is 5.32 Å². The fourth-order valence-corrected chi connectivity index (χ4v) is 3.68. The van der Waals surface area contributed by atoms with Gasteiger partial charge in [0.1, 0.15) is 5.82 Å². The summed E-state index contributed by atoms with van der Waals surface area (Å²) in [5.41, 5.74) is 0.350. The van der Waals surface area contributed by atoms with Crippen LogP contribution in [0, 0.1) is 5.82 Å². The lowest BCUT2D eigenvalue weighted by Gasteiger charge is -2.24. The topological polar surface area (TPSA) is 49.4 Å². The lowest BCUT2D eigenvalue weighted by atomic mass is 10.2. The number of sulfonamides is 1. The molecule has 0 aromatic heterocycles. The van der Waals surface area contributed by atoms with Crippen LogP contribution in [0.3, 0.4) is 0 Å². The number of halogens is 1. The Morgan fingerprint density at radius 1 is 1.37 bits per heavy atom. The van der Waals surface area contributed by atoms with Crippen molar-refractivity contribution < 1.29 is 12.8 Å². The van der Waals surface area contributed by atoms with Gasteiger partial charge in [0.15, 0.2) is 0 Å². The van der Waals surface area contributed by atoms with Gasteiger partial charge in [0.25, 0.3) is 0 Å². The fraction of sp³-hybridized carbons (Fsp3) is 0.538. The summed E-state index contributed by atoms with van der Waals surface area (Å²) in [5.74, 6) is -0.402. The molecule has 0 spiro atoms. The van der Waals surface area contributed by atoms with E-state index < -0.39 is 15.8 Å². The maximum atomic E-state index is 13.5. The summed E-state index contributed by atoms with van der Waals surface area (Å²) >= 11 is 0. The molecule has 4 nitrogen and oxygen atoms in total. The average Bonchev–Trinajstić information content (AvgIpc) is 2.32. The van der Waals surface area contributed by atoms with Gasteiger partial charge in [-0.25, -0.2) is 12.8 Å². The third kappa shape index (κ3) is 3.52. The second kappa shape index (κ2) is 6.45. The second-order valence-corrected chi connectivity index (χ2v) is 6.48. The summed E-state index contributed by atoms with van der Waals surface area (Å²) in [5, 5.41) is 2.82. The van der Waals surface area contributed by atoms with Gasteiger partial charge in [-0.15, -0.1) is 0 Å². The highest BCUT2D eigenvalue weighted by molar-refractivity contribution is 7.89. The minimum Gasteiger partial charge on any atom is -0.316 e. The molecular weight excluding hydrogens is 267 g/mol. The molecule has 0 bridgehead atoms. The van der Waals surface area contributed by atoms with Crippen molar-refractivity contribution in [3.05, 3.63) is 29.6 Å². The third-order valence-electron chi connectivity index (χ3n) is 2.88. The van der Waals surface area contributed by atoms with E-state index in [-0.39, 0.29) is 10.9 Å². The van der Waals surface area contributed by atoms with Crippen LogP contribution in [0.2, 0.25) is 0 Å². The van der Waals surface area contributed by atoms with Crippen molar-refractivity contribution in [3.8, 4) is 0 Å². The molecule has 108 valence electrons. The average molecular weight is 288 g/mol. The summed E-state index contributed by atoms with van der Waals surface area (Å²) in [6.07, 6.45) is 0. The van der Waals surface area contributed by atoms with Crippen LogP contribution in [0.15, 0.2) is 23.1 Å². The predicted octanol–water partition coefficient (Wildman–Crippen LogP) is 1.96. The number of benzene rings is 1. The SMILES string of the molecule is CCN(C(C)C)S(=O)(=O)c1ccc(F)c(CNC)c1. The second-order valence-electron chi connectivity index (χ2n) is 4.59. The molecule has 0 aliphatic rings. The minimum absolute atomic E-state index is 0.132. The molecule has 0 saturated heterocycles. The first kappa shape index (κ1) is 16.1. The van der Waals surface area contributed by atoms with Crippen LogP contribution in [0.4, 0.5) is 4.39 Å². The van der Waals surface area contributed by atoms with E-state index in [4.69, 9.17) is 0 Å². The molecule has 0 heterocycles. The Morgan fingerprint density at radius 2 is 2.00 bits per heavy atom. The van der Waals surface area contributed by atoms with Gasteiger partial charge >= 0.3 is 0 Å². The van der Waals surface area contributed by atoms with Gasteiger partial charge in [-0.3, -0.25) is 0 Å². The summed E-state index contributed by atoms with van der Waals surface area (Å²) in [6, 6.07) is 3.78. The van der Waals surface area contributed by atoms with Crippen molar-refractivity contribution >= 4 is 10.0 Å². The first-order valence-electron chi connectivity index (χ1n) is 6.29. The highest BCUT2D eigenvalue weighted by Gasteiger charge is 2.26. The van der Waals surface area contributed by atoms with Crippen LogP contribution in [-0.4, -0.2) is 32.4 Å². The molecule has 0 saturated carbocycles. The zero-order valence-corrected chi connectivity index (χ0v) is 12.6. The molecule has 1 rings (SSSR count). The first-order chi connectivity index (χ1) is 8.84. The van der Waals surface area contributed by atoms with Gasteiger partial charge in [0.05, 0.1) is 4.90 Å². The van der Waals surface area contributed by atoms with Crippen LogP contribution in [-0.2, 0) is 16.6 Å². The van der Waals surface area contributed by atoms with Gasteiger partial charge < -0.3 is 5.32 Å². The minimum atomic E-state index is -3.57. The Hall–Kier alpha value is -0.980. The Bertz CT molecular complexity index is 529. The molecule has 1 aromatic carbocycles. The maximum Gasteiger partial charge on any atom is 0.243 e. The van der Waals surface area contributed by atoms with Crippen molar-refractivity contribution in [2.45, 2.75) is 38.3 Å². The van der Waals surface area contributed by atoms with Crippen molar-refractivity contribution in [2.24, 2.45) is 0 Å². The Kier molecular flexibility index (Phi) is 5.46. The van der Waals surface area contributed by atoms with E-state index in [1.165, 1.54) is 22.5 Å². The van der Waals surface area contributed by atoms with Gasteiger partial charge in [-0.2, -0.15) is 4.31 Å². The highest BCUT2D eigenvalue weighted by atomic mass is 32.2. The number of nitrogens with zero attached hydrogens (tertiary/aromatic N) is 1. The van der Waals surface area contributed by atoms with Gasteiger partial charge in [-0.05, 0) is 39.1 Å². The maximum absolute atomic E-state index is 13.5. The van der Waals surface area contributed by atoms with Crippen molar-refractivity contribution in [1.29, 1.82) is 0 Å². The van der Waals surface area contributed by atoms with Crippen molar-refractivity contribution in [1.82, 2.24) is 9.62 Å². The highest BCUT2D eigenvalue weighted by Crippen LogP contribution is 2.20. The quantitative estimate of drug-likeness (QED) is 0.870. The number of hydrogen-bond acceptors (Lipinski definition) is 3. The van der Waals surface area contributed by atoms with E-state index >= 15 is 0 Å². The molecule has 0 amide bonds. The number of hydrogen-bond donors (Lipinski definition) is 1. The molecule has 0 aliphatic carbocycles. The molecular formula is C13H21FN2O2S. The van der Waals surface area contributed by atoms with Crippen LogP contribution in [0.1, 0.15) is 26.3 Å². The predicted molar refractivity (Wildman–Crippen MR) is 73.9 cm³/mol. The summed E-state index contributed by atoms with van der Waals surface area (Å²) in [4.78, 5) is 0.134. The molecule has 0 unspecified atom stereocenters. The van der Waals surface area contributed by atoms with E-state index in [1.807, 2.05) is 13.8 Å². The van der Waals surface area contributed by atoms with Gasteiger partial charge in [0, 0.05) is 24.7 Å². The summed E-state index contributed by atoms with van der Waals surface area (Å²) < 4.78 is 39.8. The lowest BCUT2D eigenvalue weighted by Crippen LogP contribution is -2.36. The van der Waals surface area contributed by atoms with Gasteiger partial charge in [-0.1, -0.05) is 6.92 Å². The van der Waals surface area contributed by atoms with E-state index in [2.05, 4.69) is 5.32 Å². The molecule has 1 aromatic rings. The zero-order valence-electron chi connectivity index (χ0n) is 11.8. The molecule has 0 atom stereocenters. The van der Waals surface area contributed by atoms with Gasteiger partial charge in [0.2, 0.25) is 10.0 Å². The van der Waals surface area contributed by atoms with E-state index in [0.29, 0.717) is 18.7 Å². The lowest BCUT2D eigenvalue weighted by molar-refractivity contribution is 0.369. The van der Waals surface area contributed by atoms with Crippen LogP contribution in [0.25, 0.3) is 0 Å². The smallest absolute Gasteiger partial charge is 0.243 e. The van der Waals surface area contributed by atoms with Crippen LogP contribution in [0.5, 0.6) is 0 Å². The largest absolute Gasteiger partial charge is 0.316 e.